The number of hydrogen-bond acceptors (Lipinski definition) is 6. The average molecular weight is 675 g/mol. The molecule has 1 unspecified atom stereocenters. The van der Waals surface area contributed by atoms with Crippen LogP contribution in [0, 0.1) is 0 Å². The average Bonchev–Trinajstić information content (AvgIpc) is 3.21. The number of pyridine rings is 2. The summed E-state index contributed by atoms with van der Waals surface area (Å²) in [6, 6.07) is 33.0. The molecule has 1 aliphatic heterocycles. The molecule has 0 bridgehead atoms. The fraction of sp³-hybridized carbons (Fsp3) is 0.0870. The quantitative estimate of drug-likeness (QED) is 0.161. The SMILES string of the molecule is C=N/C(=C\C(=NCC1=CC=CN/C1=C1/C=CC=CC1N)C1=CC=C(c2ccc3ccccc3n2)CC1)c1ccc(-c2ccc3ccccc3n2)cc1. The molecule has 6 heteroatoms. The maximum absolute atomic E-state index is 6.48. The highest BCUT2D eigenvalue weighted by atomic mass is 14.9. The first-order valence-electron chi connectivity index (χ1n) is 17.6. The zero-order chi connectivity index (χ0) is 35.3. The Morgan fingerprint density at radius 2 is 1.52 bits per heavy atom. The van der Waals surface area contributed by atoms with E-state index in [0.29, 0.717) is 6.54 Å². The highest BCUT2D eigenvalue weighted by Crippen LogP contribution is 2.30. The van der Waals surface area contributed by atoms with Crippen LogP contribution in [0.3, 0.4) is 0 Å². The molecule has 3 N–H and O–H groups in total. The number of hydrogen-bond donors (Lipinski definition) is 2. The lowest BCUT2D eigenvalue weighted by atomic mass is 9.92. The van der Waals surface area contributed by atoms with Crippen LogP contribution in [0.25, 0.3) is 44.3 Å². The first-order valence-corrected chi connectivity index (χ1v) is 17.6. The Balaban J connectivity index is 1.14. The summed E-state index contributed by atoms with van der Waals surface area (Å²) in [4.78, 5) is 19.6. The molecular formula is C46H38N6. The molecule has 0 saturated heterocycles. The van der Waals surface area contributed by atoms with E-state index in [2.05, 4.69) is 114 Å². The number of nitrogens with two attached hydrogens (primary N) is 1. The molecule has 2 aromatic heterocycles. The van der Waals surface area contributed by atoms with Crippen molar-refractivity contribution in [3.8, 4) is 11.3 Å². The minimum Gasteiger partial charge on any atom is -0.361 e. The molecule has 0 amide bonds. The number of fused-ring (bicyclic) bond motifs is 2. The third-order valence-electron chi connectivity index (χ3n) is 9.64. The van der Waals surface area contributed by atoms with Gasteiger partial charge in [-0.1, -0.05) is 115 Å². The van der Waals surface area contributed by atoms with Crippen LogP contribution >= 0.6 is 0 Å². The standard InChI is InChI=1S/C46H38N6/c1-48-44(35-20-16-33(17-21-35)42-26-24-31-9-2-6-14-40(31)51-42)29-45(50-30-37-11-8-28-49-46(37)38-12-4-5-13-39(38)47)36-22-18-34(19-23-36)43-27-25-32-10-3-7-15-41(32)52-43/h2-18,20-22,24-29,39,49H,1,19,23,30,47H2/b44-29-,46-38-,50-45?. The first kappa shape index (κ1) is 32.7. The second-order valence-corrected chi connectivity index (χ2v) is 12.9. The topological polar surface area (TPSA) is 88.5 Å². The Morgan fingerprint density at radius 3 is 2.23 bits per heavy atom. The van der Waals surface area contributed by atoms with Gasteiger partial charge in [0.05, 0.1) is 46.4 Å². The van der Waals surface area contributed by atoms with Crippen molar-refractivity contribution in [1.29, 1.82) is 0 Å². The predicted molar refractivity (Wildman–Crippen MR) is 218 cm³/mol. The van der Waals surface area contributed by atoms with Crippen LogP contribution < -0.4 is 11.1 Å². The van der Waals surface area contributed by atoms with Crippen LogP contribution in [0.5, 0.6) is 0 Å². The van der Waals surface area contributed by atoms with Crippen molar-refractivity contribution in [3.63, 3.8) is 0 Å². The van der Waals surface area contributed by atoms with Crippen LogP contribution in [0.1, 0.15) is 24.1 Å². The Kier molecular flexibility index (Phi) is 9.29. The van der Waals surface area contributed by atoms with Gasteiger partial charge in [-0.05, 0) is 78.3 Å². The summed E-state index contributed by atoms with van der Waals surface area (Å²) in [5.74, 6) is 0. The van der Waals surface area contributed by atoms with Crippen LogP contribution in [0.2, 0.25) is 0 Å². The number of rotatable bonds is 8. The lowest BCUT2D eigenvalue weighted by molar-refractivity contribution is 0.898. The van der Waals surface area contributed by atoms with Gasteiger partial charge in [0.2, 0.25) is 0 Å². The molecule has 52 heavy (non-hydrogen) atoms. The molecule has 3 aliphatic rings. The number of nitrogens with zero attached hydrogens (tertiary/aromatic N) is 4. The van der Waals surface area contributed by atoms with Gasteiger partial charge in [0.15, 0.2) is 0 Å². The molecule has 1 atom stereocenters. The molecule has 8 rings (SSSR count). The van der Waals surface area contributed by atoms with E-state index in [4.69, 9.17) is 20.7 Å². The Morgan fingerprint density at radius 1 is 0.788 bits per heavy atom. The highest BCUT2D eigenvalue weighted by molar-refractivity contribution is 6.13. The van der Waals surface area contributed by atoms with Crippen LogP contribution in [-0.4, -0.2) is 35.0 Å². The number of nitrogens with one attached hydrogen (secondary N) is 1. The predicted octanol–water partition coefficient (Wildman–Crippen LogP) is 9.49. The fourth-order valence-corrected chi connectivity index (χ4v) is 6.79. The summed E-state index contributed by atoms with van der Waals surface area (Å²) in [6.45, 7) is 4.43. The molecular weight excluding hydrogens is 637 g/mol. The van der Waals surface area contributed by atoms with Crippen molar-refractivity contribution >= 4 is 45.5 Å². The molecule has 0 saturated carbocycles. The van der Waals surface area contributed by atoms with Crippen LogP contribution in [0.4, 0.5) is 0 Å². The molecule has 5 aromatic rings. The van der Waals surface area contributed by atoms with Crippen molar-refractivity contribution < 1.29 is 0 Å². The van der Waals surface area contributed by atoms with Gasteiger partial charge in [0.1, 0.15) is 0 Å². The Labute approximate surface area is 304 Å². The second-order valence-electron chi connectivity index (χ2n) is 12.9. The highest BCUT2D eigenvalue weighted by Gasteiger charge is 2.19. The van der Waals surface area contributed by atoms with Crippen molar-refractivity contribution in [3.05, 3.63) is 192 Å². The van der Waals surface area contributed by atoms with Crippen molar-refractivity contribution in [2.75, 3.05) is 6.54 Å². The van der Waals surface area contributed by atoms with E-state index >= 15 is 0 Å². The van der Waals surface area contributed by atoms with Gasteiger partial charge in [0.25, 0.3) is 0 Å². The maximum Gasteiger partial charge on any atom is 0.0716 e. The lowest BCUT2D eigenvalue weighted by Gasteiger charge is -2.22. The summed E-state index contributed by atoms with van der Waals surface area (Å²) >= 11 is 0. The molecule has 3 heterocycles. The molecule has 0 spiro atoms. The third kappa shape index (κ3) is 6.93. The van der Waals surface area contributed by atoms with Crippen molar-refractivity contribution in [2.24, 2.45) is 15.7 Å². The van der Waals surface area contributed by atoms with E-state index in [1.807, 2.05) is 60.8 Å². The van der Waals surface area contributed by atoms with Crippen LogP contribution in [-0.2, 0) is 0 Å². The lowest BCUT2D eigenvalue weighted by Crippen LogP contribution is -2.26. The first-order chi connectivity index (χ1) is 25.6. The Bertz CT molecular complexity index is 2480. The van der Waals surface area contributed by atoms with E-state index in [9.17, 15) is 0 Å². The van der Waals surface area contributed by atoms with E-state index < -0.39 is 0 Å². The van der Waals surface area contributed by atoms with E-state index in [-0.39, 0.29) is 6.04 Å². The van der Waals surface area contributed by atoms with Gasteiger partial charge in [-0.3, -0.25) is 9.98 Å². The molecule has 0 radical (unpaired) electrons. The molecule has 2 aliphatic carbocycles. The van der Waals surface area contributed by atoms with Gasteiger partial charge in [-0.15, -0.1) is 0 Å². The second kappa shape index (κ2) is 14.8. The third-order valence-corrected chi connectivity index (χ3v) is 9.64. The maximum atomic E-state index is 6.48. The smallest absolute Gasteiger partial charge is 0.0716 e. The monoisotopic (exact) mass is 674 g/mol. The van der Waals surface area contributed by atoms with Crippen molar-refractivity contribution in [2.45, 2.75) is 18.9 Å². The number of para-hydroxylation sites is 2. The zero-order valence-electron chi connectivity index (χ0n) is 28.8. The largest absolute Gasteiger partial charge is 0.361 e. The van der Waals surface area contributed by atoms with Gasteiger partial charge in [-0.2, -0.15) is 0 Å². The fourth-order valence-electron chi connectivity index (χ4n) is 6.79. The van der Waals surface area contributed by atoms with E-state index in [1.54, 1.807) is 0 Å². The number of aromatic nitrogens is 2. The van der Waals surface area contributed by atoms with Crippen molar-refractivity contribution in [1.82, 2.24) is 15.3 Å². The minimum absolute atomic E-state index is 0.191. The van der Waals surface area contributed by atoms with Gasteiger partial charge in [-0.25, -0.2) is 9.97 Å². The summed E-state index contributed by atoms with van der Waals surface area (Å²) in [5.41, 5.74) is 19.4. The molecule has 0 fully saturated rings. The molecule has 3 aromatic carbocycles. The Hall–Kier alpha value is -6.50. The van der Waals surface area contributed by atoms with Gasteiger partial charge >= 0.3 is 0 Å². The number of allylic oxidation sites excluding steroid dienone is 9. The summed E-state index contributed by atoms with van der Waals surface area (Å²) in [6.07, 6.45) is 22.2. The molecule has 6 nitrogen and oxygen atoms in total. The number of aliphatic imine (C=N–C) groups is 2. The van der Waals surface area contributed by atoms with Gasteiger partial charge < -0.3 is 11.1 Å². The summed E-state index contributed by atoms with van der Waals surface area (Å²) < 4.78 is 0. The normalized spacial score (nSPS) is 18.9. The van der Waals surface area contributed by atoms with Crippen LogP contribution in [0.15, 0.2) is 190 Å². The van der Waals surface area contributed by atoms with Gasteiger partial charge in [0, 0.05) is 33.8 Å². The number of benzene rings is 3. The molecule has 252 valence electrons. The van der Waals surface area contributed by atoms with E-state index in [0.717, 1.165) is 91.0 Å². The zero-order valence-corrected chi connectivity index (χ0v) is 28.8. The summed E-state index contributed by atoms with van der Waals surface area (Å²) in [5, 5.41) is 5.69. The van der Waals surface area contributed by atoms with E-state index in [1.165, 1.54) is 5.57 Å². The number of dihydropyridines is 1. The minimum atomic E-state index is -0.191. The summed E-state index contributed by atoms with van der Waals surface area (Å²) in [7, 11) is 0.